The van der Waals surface area contributed by atoms with Crippen molar-refractivity contribution in [3.8, 4) is 0 Å². The standard InChI is InChI=1S/C12H15ClN2O2S/c1-15(9-6-7-14-12(9)17)11(16)5-3-8-2-4-10(13)18-8/h2,4,9H,3,5-7H2,1H3,(H,14,17). The summed E-state index contributed by atoms with van der Waals surface area (Å²) < 4.78 is 0.737. The number of nitrogens with one attached hydrogen (secondary N) is 1. The Morgan fingerprint density at radius 2 is 2.39 bits per heavy atom. The lowest BCUT2D eigenvalue weighted by molar-refractivity contribution is -0.137. The number of nitrogens with zero attached hydrogens (tertiary/aromatic N) is 1. The van der Waals surface area contributed by atoms with Crippen LogP contribution in [-0.4, -0.2) is 36.3 Å². The molecule has 0 aromatic carbocycles. The molecule has 1 atom stereocenters. The Hall–Kier alpha value is -1.07. The molecule has 1 unspecified atom stereocenters. The van der Waals surface area contributed by atoms with Gasteiger partial charge in [-0.3, -0.25) is 9.59 Å². The Balaban J connectivity index is 1.86. The van der Waals surface area contributed by atoms with E-state index in [-0.39, 0.29) is 17.9 Å². The Bertz CT molecular complexity index is 461. The van der Waals surface area contributed by atoms with Gasteiger partial charge in [-0.05, 0) is 25.0 Å². The van der Waals surface area contributed by atoms with Gasteiger partial charge in [0.15, 0.2) is 0 Å². The van der Waals surface area contributed by atoms with E-state index in [1.165, 1.54) is 11.3 Å². The van der Waals surface area contributed by atoms with Gasteiger partial charge in [0.1, 0.15) is 6.04 Å². The number of hydrogen-bond acceptors (Lipinski definition) is 3. The number of carbonyl (C=O) groups is 2. The Labute approximate surface area is 115 Å². The summed E-state index contributed by atoms with van der Waals surface area (Å²) in [4.78, 5) is 26.1. The molecule has 0 bridgehead atoms. The molecule has 1 N–H and O–H groups in total. The van der Waals surface area contributed by atoms with Crippen LogP contribution in [0.5, 0.6) is 0 Å². The maximum Gasteiger partial charge on any atom is 0.242 e. The summed E-state index contributed by atoms with van der Waals surface area (Å²) in [6, 6.07) is 3.47. The molecule has 18 heavy (non-hydrogen) atoms. The monoisotopic (exact) mass is 286 g/mol. The van der Waals surface area contributed by atoms with Gasteiger partial charge < -0.3 is 10.2 Å². The van der Waals surface area contributed by atoms with Crippen LogP contribution >= 0.6 is 22.9 Å². The van der Waals surface area contributed by atoms with Crippen LogP contribution in [-0.2, 0) is 16.0 Å². The summed E-state index contributed by atoms with van der Waals surface area (Å²) >= 11 is 7.32. The fraction of sp³-hybridized carbons (Fsp3) is 0.500. The van der Waals surface area contributed by atoms with E-state index >= 15 is 0 Å². The van der Waals surface area contributed by atoms with E-state index in [0.717, 1.165) is 9.21 Å². The van der Waals surface area contributed by atoms with Crippen LogP contribution in [0.1, 0.15) is 17.7 Å². The van der Waals surface area contributed by atoms with Crippen molar-refractivity contribution in [3.05, 3.63) is 21.3 Å². The molecule has 1 saturated heterocycles. The second-order valence-corrected chi connectivity index (χ2v) is 6.11. The van der Waals surface area contributed by atoms with Crippen LogP contribution in [0.3, 0.4) is 0 Å². The molecule has 98 valence electrons. The minimum atomic E-state index is -0.301. The highest BCUT2D eigenvalue weighted by Gasteiger charge is 2.30. The van der Waals surface area contributed by atoms with Gasteiger partial charge in [0, 0.05) is 24.9 Å². The highest BCUT2D eigenvalue weighted by atomic mass is 35.5. The summed E-state index contributed by atoms with van der Waals surface area (Å²) in [5.74, 6) is -0.0495. The molecule has 4 nitrogen and oxygen atoms in total. The molecule has 1 aromatic heterocycles. The minimum absolute atomic E-state index is 0.00146. The number of hydrogen-bond donors (Lipinski definition) is 1. The Kier molecular flexibility index (Phi) is 4.24. The van der Waals surface area contributed by atoms with Crippen molar-refractivity contribution in [2.75, 3.05) is 13.6 Å². The maximum atomic E-state index is 12.0. The van der Waals surface area contributed by atoms with E-state index in [2.05, 4.69) is 5.32 Å². The summed E-state index contributed by atoms with van der Waals surface area (Å²) in [5, 5.41) is 2.73. The lowest BCUT2D eigenvalue weighted by atomic mass is 10.2. The Morgan fingerprint density at radius 3 is 2.94 bits per heavy atom. The molecule has 0 radical (unpaired) electrons. The van der Waals surface area contributed by atoms with Crippen molar-refractivity contribution in [2.45, 2.75) is 25.3 Å². The molecular weight excluding hydrogens is 272 g/mol. The van der Waals surface area contributed by atoms with Crippen molar-refractivity contribution in [3.63, 3.8) is 0 Å². The third-order valence-corrected chi connectivity index (χ3v) is 4.39. The molecule has 0 saturated carbocycles. The summed E-state index contributed by atoms with van der Waals surface area (Å²) in [6.45, 7) is 0.654. The first-order valence-electron chi connectivity index (χ1n) is 5.85. The average Bonchev–Trinajstić information content (AvgIpc) is 2.94. The molecule has 1 fully saturated rings. The molecule has 6 heteroatoms. The third-order valence-electron chi connectivity index (χ3n) is 3.09. The maximum absolute atomic E-state index is 12.0. The average molecular weight is 287 g/mol. The van der Waals surface area contributed by atoms with Crippen LogP contribution in [0.25, 0.3) is 0 Å². The zero-order valence-corrected chi connectivity index (χ0v) is 11.7. The third kappa shape index (κ3) is 3.03. The quantitative estimate of drug-likeness (QED) is 0.915. The first kappa shape index (κ1) is 13.4. The van der Waals surface area contributed by atoms with Crippen LogP contribution in [0.15, 0.2) is 12.1 Å². The normalized spacial score (nSPS) is 18.8. The van der Waals surface area contributed by atoms with Gasteiger partial charge in [-0.2, -0.15) is 0 Å². The van der Waals surface area contributed by atoms with Crippen molar-refractivity contribution in [1.82, 2.24) is 10.2 Å². The number of halogens is 1. The Morgan fingerprint density at radius 1 is 1.61 bits per heavy atom. The topological polar surface area (TPSA) is 49.4 Å². The van der Waals surface area contributed by atoms with Gasteiger partial charge in [-0.15, -0.1) is 11.3 Å². The van der Waals surface area contributed by atoms with E-state index in [4.69, 9.17) is 11.6 Å². The lowest BCUT2D eigenvalue weighted by Gasteiger charge is -2.22. The number of carbonyl (C=O) groups excluding carboxylic acids is 2. The summed E-state index contributed by atoms with van der Waals surface area (Å²) in [6.07, 6.45) is 1.79. The van der Waals surface area contributed by atoms with Gasteiger partial charge in [-0.25, -0.2) is 0 Å². The number of rotatable bonds is 4. The number of amides is 2. The fourth-order valence-corrected chi connectivity index (χ4v) is 3.10. The largest absolute Gasteiger partial charge is 0.354 e. The zero-order valence-electron chi connectivity index (χ0n) is 10.1. The van der Waals surface area contributed by atoms with E-state index in [1.807, 2.05) is 12.1 Å². The van der Waals surface area contributed by atoms with Crippen LogP contribution < -0.4 is 5.32 Å². The van der Waals surface area contributed by atoms with Gasteiger partial charge in [-0.1, -0.05) is 11.6 Å². The zero-order chi connectivity index (χ0) is 13.1. The molecule has 2 heterocycles. The van der Waals surface area contributed by atoms with E-state index in [1.54, 1.807) is 11.9 Å². The van der Waals surface area contributed by atoms with E-state index in [0.29, 0.717) is 25.8 Å². The van der Waals surface area contributed by atoms with Gasteiger partial charge in [0.2, 0.25) is 11.8 Å². The van der Waals surface area contributed by atoms with Gasteiger partial charge in [0.25, 0.3) is 0 Å². The second-order valence-electron chi connectivity index (χ2n) is 4.31. The van der Waals surface area contributed by atoms with Gasteiger partial charge >= 0.3 is 0 Å². The summed E-state index contributed by atoms with van der Waals surface area (Å²) in [5.41, 5.74) is 0. The molecular formula is C12H15ClN2O2S. The fourth-order valence-electron chi connectivity index (χ4n) is 2.02. The van der Waals surface area contributed by atoms with Crippen LogP contribution in [0.2, 0.25) is 4.34 Å². The molecule has 1 aliphatic rings. The van der Waals surface area contributed by atoms with E-state index < -0.39 is 0 Å². The highest BCUT2D eigenvalue weighted by molar-refractivity contribution is 7.16. The highest BCUT2D eigenvalue weighted by Crippen LogP contribution is 2.22. The predicted octanol–water partition coefficient (Wildman–Crippen LogP) is 1.68. The molecule has 0 spiro atoms. The molecule has 2 rings (SSSR count). The van der Waals surface area contributed by atoms with Crippen molar-refractivity contribution in [1.29, 1.82) is 0 Å². The molecule has 2 amide bonds. The molecule has 0 aliphatic carbocycles. The van der Waals surface area contributed by atoms with Gasteiger partial charge in [0.05, 0.1) is 4.34 Å². The van der Waals surface area contributed by atoms with Crippen molar-refractivity contribution < 1.29 is 9.59 Å². The first-order valence-corrected chi connectivity index (χ1v) is 7.05. The number of aryl methyl sites for hydroxylation is 1. The minimum Gasteiger partial charge on any atom is -0.354 e. The molecule has 1 aliphatic heterocycles. The summed E-state index contributed by atoms with van der Waals surface area (Å²) in [7, 11) is 1.69. The number of likely N-dealkylation sites (N-methyl/N-ethyl adjacent to an activating group) is 1. The lowest BCUT2D eigenvalue weighted by Crippen LogP contribution is -2.41. The smallest absolute Gasteiger partial charge is 0.242 e. The van der Waals surface area contributed by atoms with Crippen molar-refractivity contribution >= 4 is 34.8 Å². The first-order chi connectivity index (χ1) is 8.58. The molecule has 1 aromatic rings. The second kappa shape index (κ2) is 5.71. The predicted molar refractivity (Wildman–Crippen MR) is 71.8 cm³/mol. The van der Waals surface area contributed by atoms with Crippen LogP contribution in [0.4, 0.5) is 0 Å². The van der Waals surface area contributed by atoms with Crippen LogP contribution in [0, 0.1) is 0 Å². The van der Waals surface area contributed by atoms with E-state index in [9.17, 15) is 9.59 Å². The number of thiophene rings is 1. The van der Waals surface area contributed by atoms with Crippen molar-refractivity contribution in [2.24, 2.45) is 0 Å². The SMILES string of the molecule is CN(C(=O)CCc1ccc(Cl)s1)C1CCNC1=O.